The molecule has 7 nitrogen and oxygen atoms in total. The zero-order valence-corrected chi connectivity index (χ0v) is 19.4. The molecule has 1 heterocycles. The highest BCUT2D eigenvalue weighted by molar-refractivity contribution is 7.99. The Morgan fingerprint density at radius 3 is 2.77 bits per heavy atom. The summed E-state index contributed by atoms with van der Waals surface area (Å²) >= 11 is 2.75. The summed E-state index contributed by atoms with van der Waals surface area (Å²) < 4.78 is 8.43. The number of rotatable bonds is 13. The molecule has 1 aromatic carbocycles. The Morgan fingerprint density at radius 1 is 1.13 bits per heavy atom. The number of likely N-dealkylation sites (tertiary alicyclic amines) is 1. The Bertz CT molecular complexity index is 642. The van der Waals surface area contributed by atoms with Crippen molar-refractivity contribution in [2.75, 3.05) is 50.5 Å². The van der Waals surface area contributed by atoms with Crippen molar-refractivity contribution in [2.45, 2.75) is 32.2 Å². The van der Waals surface area contributed by atoms with Gasteiger partial charge >= 0.3 is 6.03 Å². The van der Waals surface area contributed by atoms with Crippen LogP contribution in [-0.4, -0.2) is 67.4 Å². The number of amides is 3. The lowest BCUT2D eigenvalue weighted by molar-refractivity contribution is -0.118. The predicted molar refractivity (Wildman–Crippen MR) is 126 cm³/mol. The smallest absolute Gasteiger partial charge is 0.324 e. The fourth-order valence-electron chi connectivity index (χ4n) is 3.18. The molecule has 0 bridgehead atoms. The van der Waals surface area contributed by atoms with Gasteiger partial charge < -0.3 is 15.4 Å². The lowest BCUT2D eigenvalue weighted by Crippen LogP contribution is -2.33. The molecule has 0 radical (unpaired) electrons. The normalized spacial score (nSPS) is 14.2. The molecule has 0 aliphatic carbocycles. The minimum absolute atomic E-state index is 0.0112. The van der Waals surface area contributed by atoms with Gasteiger partial charge in [-0.15, -0.1) is 0 Å². The summed E-state index contributed by atoms with van der Waals surface area (Å²) in [5, 5.41) is 5.62. The number of ether oxygens (including phenoxy) is 1. The van der Waals surface area contributed by atoms with Crippen molar-refractivity contribution >= 4 is 35.6 Å². The maximum absolute atomic E-state index is 11.8. The average molecular weight is 455 g/mol. The molecule has 2 rings (SSSR count). The van der Waals surface area contributed by atoms with Gasteiger partial charge in [-0.3, -0.25) is 14.4 Å². The fraction of sp³-hybridized carbons (Fsp3) is 0.619. The third-order valence-electron chi connectivity index (χ3n) is 4.63. The van der Waals surface area contributed by atoms with Crippen LogP contribution < -0.4 is 20.1 Å². The van der Waals surface area contributed by atoms with Crippen molar-refractivity contribution < 1.29 is 14.3 Å². The van der Waals surface area contributed by atoms with Crippen LogP contribution in [0.1, 0.15) is 31.2 Å². The van der Waals surface area contributed by atoms with Crippen LogP contribution in [0.4, 0.5) is 4.79 Å². The Hall–Kier alpha value is -1.58. The minimum Gasteiger partial charge on any atom is -0.494 e. The number of thioether (sulfide) groups is 1. The van der Waals surface area contributed by atoms with E-state index in [2.05, 4.69) is 32.4 Å². The quantitative estimate of drug-likeness (QED) is 0.314. The number of hydrogen-bond donors (Lipinski definition) is 3. The van der Waals surface area contributed by atoms with Gasteiger partial charge in [0.15, 0.2) is 0 Å². The molecule has 1 aromatic rings. The van der Waals surface area contributed by atoms with E-state index in [-0.39, 0.29) is 11.9 Å². The molecule has 0 aromatic heterocycles. The molecule has 3 N–H and O–H groups in total. The van der Waals surface area contributed by atoms with E-state index in [1.807, 2.05) is 12.1 Å². The lowest BCUT2D eigenvalue weighted by Gasteiger charge is -2.26. The molecular formula is C21H34N4O3S2. The van der Waals surface area contributed by atoms with E-state index < -0.39 is 0 Å². The zero-order chi connectivity index (χ0) is 21.4. The third-order valence-corrected chi connectivity index (χ3v) is 5.97. The molecule has 1 aliphatic rings. The predicted octanol–water partition coefficient (Wildman–Crippen LogP) is 2.87. The van der Waals surface area contributed by atoms with E-state index in [1.54, 1.807) is 6.26 Å². The molecule has 0 unspecified atom stereocenters. The van der Waals surface area contributed by atoms with Crippen molar-refractivity contribution in [1.29, 1.82) is 0 Å². The van der Waals surface area contributed by atoms with Crippen LogP contribution in [0.15, 0.2) is 24.3 Å². The highest BCUT2D eigenvalue weighted by Gasteiger charge is 2.10. The van der Waals surface area contributed by atoms with Crippen LogP contribution in [-0.2, 0) is 11.3 Å². The highest BCUT2D eigenvalue weighted by atomic mass is 32.2. The third kappa shape index (κ3) is 11.0. The van der Waals surface area contributed by atoms with Crippen LogP contribution in [0, 0.1) is 0 Å². The van der Waals surface area contributed by atoms with Gasteiger partial charge in [-0.05, 0) is 50.0 Å². The Labute approximate surface area is 188 Å². The lowest BCUT2D eigenvalue weighted by atomic mass is 10.1. The first-order valence-electron chi connectivity index (χ1n) is 10.5. The standard InChI is InChI=1S/C21H34N4O3S2/c1-29-24-21(27)23-10-14-30-17-20(26)22-9-6-13-28-19-8-5-7-18(15-19)16-25-11-3-2-4-12-25/h5,7-8,15H,2-4,6,9-14,16-17H2,1H3,(H,22,26)(H2,23,24,27). The van der Waals surface area contributed by atoms with E-state index in [9.17, 15) is 9.59 Å². The second-order valence-electron chi connectivity index (χ2n) is 7.15. The molecule has 3 amide bonds. The first-order chi connectivity index (χ1) is 14.7. The molecule has 1 fully saturated rings. The van der Waals surface area contributed by atoms with E-state index >= 15 is 0 Å². The molecule has 0 spiro atoms. The van der Waals surface area contributed by atoms with Crippen molar-refractivity contribution in [3.8, 4) is 5.75 Å². The monoisotopic (exact) mass is 454 g/mol. The van der Waals surface area contributed by atoms with Crippen molar-refractivity contribution in [2.24, 2.45) is 0 Å². The van der Waals surface area contributed by atoms with Gasteiger partial charge in [-0.25, -0.2) is 4.79 Å². The van der Waals surface area contributed by atoms with Crippen molar-refractivity contribution in [3.63, 3.8) is 0 Å². The van der Waals surface area contributed by atoms with Gasteiger partial charge in [-0.1, -0.05) is 30.5 Å². The van der Waals surface area contributed by atoms with Crippen LogP contribution in [0.2, 0.25) is 0 Å². The zero-order valence-electron chi connectivity index (χ0n) is 17.8. The Kier molecular flexibility index (Phi) is 12.6. The van der Waals surface area contributed by atoms with Crippen LogP contribution in [0.5, 0.6) is 5.75 Å². The van der Waals surface area contributed by atoms with E-state index in [4.69, 9.17) is 4.74 Å². The van der Waals surface area contributed by atoms with Crippen LogP contribution in [0.3, 0.4) is 0 Å². The maximum atomic E-state index is 11.8. The van der Waals surface area contributed by atoms with Gasteiger partial charge in [0.2, 0.25) is 5.91 Å². The molecule has 30 heavy (non-hydrogen) atoms. The average Bonchev–Trinajstić information content (AvgIpc) is 2.74. The molecule has 1 aliphatic heterocycles. The summed E-state index contributed by atoms with van der Waals surface area (Å²) in [4.78, 5) is 25.5. The van der Waals surface area contributed by atoms with E-state index in [0.29, 0.717) is 31.2 Å². The Balaban J connectivity index is 1.50. The van der Waals surface area contributed by atoms with Gasteiger partial charge in [0.25, 0.3) is 0 Å². The summed E-state index contributed by atoms with van der Waals surface area (Å²) in [5.74, 6) is 2.00. The van der Waals surface area contributed by atoms with Gasteiger partial charge in [0.1, 0.15) is 5.75 Å². The fourth-order valence-corrected chi connectivity index (χ4v) is 4.12. The van der Waals surface area contributed by atoms with E-state index in [1.165, 1.54) is 61.6 Å². The first-order valence-corrected chi connectivity index (χ1v) is 12.9. The van der Waals surface area contributed by atoms with Crippen molar-refractivity contribution in [3.05, 3.63) is 29.8 Å². The highest BCUT2D eigenvalue weighted by Crippen LogP contribution is 2.17. The number of carbonyl (C=O) groups excluding carboxylic acids is 2. The number of hydrogen-bond acceptors (Lipinski definition) is 6. The van der Waals surface area contributed by atoms with Gasteiger partial charge in [0.05, 0.1) is 12.4 Å². The summed E-state index contributed by atoms with van der Waals surface area (Å²) in [7, 11) is 0. The summed E-state index contributed by atoms with van der Waals surface area (Å²) in [6.07, 6.45) is 6.50. The van der Waals surface area contributed by atoms with Gasteiger partial charge in [-0.2, -0.15) is 11.8 Å². The van der Waals surface area contributed by atoms with E-state index in [0.717, 1.165) is 18.7 Å². The molecule has 168 valence electrons. The Morgan fingerprint density at radius 2 is 1.97 bits per heavy atom. The maximum Gasteiger partial charge on any atom is 0.324 e. The molecule has 0 atom stereocenters. The van der Waals surface area contributed by atoms with Crippen LogP contribution in [0.25, 0.3) is 0 Å². The summed E-state index contributed by atoms with van der Waals surface area (Å²) in [6.45, 7) is 5.08. The largest absolute Gasteiger partial charge is 0.494 e. The number of piperidine rings is 1. The second-order valence-corrected chi connectivity index (χ2v) is 8.87. The number of nitrogens with one attached hydrogen (secondary N) is 3. The summed E-state index contributed by atoms with van der Waals surface area (Å²) in [5.41, 5.74) is 1.29. The molecule has 0 saturated carbocycles. The molecule has 9 heteroatoms. The number of carbonyl (C=O) groups is 2. The molecular weight excluding hydrogens is 420 g/mol. The van der Waals surface area contributed by atoms with Crippen molar-refractivity contribution in [1.82, 2.24) is 20.3 Å². The number of nitrogens with zero attached hydrogens (tertiary/aromatic N) is 1. The van der Waals surface area contributed by atoms with Gasteiger partial charge in [0, 0.05) is 31.6 Å². The topological polar surface area (TPSA) is 82.7 Å². The SMILES string of the molecule is CSNC(=O)NCCSCC(=O)NCCCOc1cccc(CN2CCCCC2)c1. The number of urea groups is 1. The molecule has 1 saturated heterocycles. The first kappa shape index (κ1) is 24.7. The van der Waals surface area contributed by atoms with Crippen LogP contribution >= 0.6 is 23.7 Å². The number of benzene rings is 1. The summed E-state index contributed by atoms with van der Waals surface area (Å²) in [6, 6.07) is 8.11. The minimum atomic E-state index is -0.204. The second kappa shape index (κ2) is 15.3.